The van der Waals surface area contributed by atoms with Crippen molar-refractivity contribution in [3.63, 3.8) is 0 Å². The van der Waals surface area contributed by atoms with Crippen LogP contribution in [0, 0.1) is 6.92 Å². The Balaban J connectivity index is 1.59. The molecule has 1 atom stereocenters. The molecule has 210 valence electrons. The first-order valence-electron chi connectivity index (χ1n) is 13.9. The number of ether oxygens (including phenoxy) is 1. The number of rotatable bonds is 10. The van der Waals surface area contributed by atoms with E-state index in [-0.39, 0.29) is 11.3 Å². The number of hydrogen-bond donors (Lipinski definition) is 2. The van der Waals surface area contributed by atoms with E-state index < -0.39 is 12.0 Å². The molecule has 0 radical (unpaired) electrons. The van der Waals surface area contributed by atoms with Crippen LogP contribution in [0.1, 0.15) is 49.4 Å². The molecule has 0 fully saturated rings. The average Bonchev–Trinajstić information content (AvgIpc) is 3.33. The van der Waals surface area contributed by atoms with Gasteiger partial charge in [0.2, 0.25) is 0 Å². The quantitative estimate of drug-likeness (QED) is 0.111. The van der Waals surface area contributed by atoms with Crippen molar-refractivity contribution < 1.29 is 9.53 Å². The van der Waals surface area contributed by atoms with E-state index in [0.717, 1.165) is 47.2 Å². The largest absolute Gasteiger partial charge is 0.425 e. The Bertz CT molecular complexity index is 1730. The highest BCUT2D eigenvalue weighted by atomic mass is 35.5. The maximum Gasteiger partial charge on any atom is 0.328 e. The van der Waals surface area contributed by atoms with E-state index in [9.17, 15) is 9.59 Å². The number of hydrogen-bond acceptors (Lipinski definition) is 5. The van der Waals surface area contributed by atoms with E-state index in [1.54, 1.807) is 18.3 Å². The lowest BCUT2D eigenvalue weighted by molar-refractivity contribution is -0.136. The maximum atomic E-state index is 14.0. The summed E-state index contributed by atoms with van der Waals surface area (Å²) in [6.07, 6.45) is 5.54. The summed E-state index contributed by atoms with van der Waals surface area (Å²) in [4.78, 5) is 31.5. The number of aromatic nitrogens is 3. The molecule has 0 amide bonds. The van der Waals surface area contributed by atoms with Crippen molar-refractivity contribution in [2.75, 3.05) is 0 Å². The molecule has 2 aromatic heterocycles. The van der Waals surface area contributed by atoms with Gasteiger partial charge in [0.25, 0.3) is 5.56 Å². The molecule has 7 nitrogen and oxygen atoms in total. The van der Waals surface area contributed by atoms with Crippen molar-refractivity contribution in [2.24, 2.45) is 5.73 Å². The minimum Gasteiger partial charge on any atom is -0.425 e. The van der Waals surface area contributed by atoms with Crippen LogP contribution in [0.15, 0.2) is 83.8 Å². The molecule has 3 N–H and O–H groups in total. The summed E-state index contributed by atoms with van der Waals surface area (Å²) < 4.78 is 7.22. The summed E-state index contributed by atoms with van der Waals surface area (Å²) in [5.74, 6) is -0.231. The lowest BCUT2D eigenvalue weighted by atomic mass is 10.0. The molecule has 2 heterocycles. The molecule has 8 heteroatoms. The second-order valence-electron chi connectivity index (χ2n) is 10.3. The average molecular weight is 569 g/mol. The Kier molecular flexibility index (Phi) is 8.67. The van der Waals surface area contributed by atoms with Gasteiger partial charge in [0.15, 0.2) is 5.65 Å². The Morgan fingerprint density at radius 2 is 1.80 bits per heavy atom. The highest BCUT2D eigenvalue weighted by molar-refractivity contribution is 6.30. The van der Waals surface area contributed by atoms with Crippen LogP contribution >= 0.6 is 11.6 Å². The van der Waals surface area contributed by atoms with E-state index in [4.69, 9.17) is 27.1 Å². The fraction of sp³-hybridized carbons (Fsp3) is 0.242. The Labute approximate surface area is 243 Å². The number of nitrogens with one attached hydrogen (secondary N) is 1. The molecule has 0 saturated carbocycles. The number of fused-ring (bicyclic) bond motifs is 1. The van der Waals surface area contributed by atoms with Crippen LogP contribution in [0.25, 0.3) is 27.9 Å². The second-order valence-corrected chi connectivity index (χ2v) is 10.7. The molecule has 41 heavy (non-hydrogen) atoms. The summed E-state index contributed by atoms with van der Waals surface area (Å²) in [5.41, 5.74) is 11.6. The number of esters is 1. The molecular formula is C33H33ClN4O3. The van der Waals surface area contributed by atoms with Gasteiger partial charge in [-0.25, -0.2) is 14.3 Å². The van der Waals surface area contributed by atoms with E-state index in [1.165, 1.54) is 4.52 Å². The van der Waals surface area contributed by atoms with Crippen LogP contribution in [0.4, 0.5) is 0 Å². The SMILES string of the molecule is CCCCC[C@@H](N)C(=O)Oc1cc(C)ccc1-c1cnc2c(-c3ccc(Cl)cc3)c(Cc3ccccc3)[nH]n2c1=O. The highest BCUT2D eigenvalue weighted by Crippen LogP contribution is 2.33. The number of H-pyrrole nitrogens is 1. The molecule has 3 aromatic carbocycles. The smallest absolute Gasteiger partial charge is 0.328 e. The minimum absolute atomic E-state index is 0.286. The van der Waals surface area contributed by atoms with Gasteiger partial charge in [0.05, 0.1) is 5.56 Å². The van der Waals surface area contributed by atoms with Crippen molar-refractivity contribution in [1.29, 1.82) is 0 Å². The fourth-order valence-electron chi connectivity index (χ4n) is 4.95. The molecule has 5 rings (SSSR count). The summed E-state index contributed by atoms with van der Waals surface area (Å²) in [6, 6.07) is 22.2. The molecule has 0 aliphatic heterocycles. The number of aromatic amines is 1. The van der Waals surface area contributed by atoms with E-state index in [2.05, 4.69) is 12.0 Å². The van der Waals surface area contributed by atoms with Crippen molar-refractivity contribution in [3.8, 4) is 28.0 Å². The van der Waals surface area contributed by atoms with E-state index in [1.807, 2.05) is 67.6 Å². The summed E-state index contributed by atoms with van der Waals surface area (Å²) >= 11 is 6.17. The Morgan fingerprint density at radius 1 is 1.05 bits per heavy atom. The molecular weight excluding hydrogens is 536 g/mol. The lowest BCUT2D eigenvalue weighted by Gasteiger charge is -2.14. The van der Waals surface area contributed by atoms with Crippen molar-refractivity contribution in [3.05, 3.63) is 111 Å². The summed E-state index contributed by atoms with van der Waals surface area (Å²) in [7, 11) is 0. The van der Waals surface area contributed by atoms with Crippen molar-refractivity contribution in [2.45, 2.75) is 52.0 Å². The number of nitrogens with two attached hydrogens (primary N) is 1. The predicted octanol–water partition coefficient (Wildman–Crippen LogP) is 6.72. The number of benzene rings is 3. The highest BCUT2D eigenvalue weighted by Gasteiger charge is 2.22. The molecule has 0 aliphatic rings. The van der Waals surface area contributed by atoms with Crippen LogP contribution in [-0.4, -0.2) is 26.6 Å². The summed E-state index contributed by atoms with van der Waals surface area (Å²) in [5, 5.41) is 3.93. The molecule has 0 unspecified atom stereocenters. The monoisotopic (exact) mass is 568 g/mol. The Morgan fingerprint density at radius 3 is 2.54 bits per heavy atom. The zero-order chi connectivity index (χ0) is 28.9. The predicted molar refractivity (Wildman–Crippen MR) is 163 cm³/mol. The van der Waals surface area contributed by atoms with Gasteiger partial charge in [-0.1, -0.05) is 92.4 Å². The lowest BCUT2D eigenvalue weighted by Crippen LogP contribution is -2.34. The number of aryl methyl sites for hydroxylation is 1. The van der Waals surface area contributed by atoms with Crippen molar-refractivity contribution in [1.82, 2.24) is 14.6 Å². The van der Waals surface area contributed by atoms with Crippen LogP contribution in [0.2, 0.25) is 5.02 Å². The third kappa shape index (κ3) is 6.26. The van der Waals surface area contributed by atoms with Gasteiger partial charge >= 0.3 is 5.97 Å². The van der Waals surface area contributed by atoms with Gasteiger partial charge in [-0.3, -0.25) is 9.89 Å². The van der Waals surface area contributed by atoms with Crippen molar-refractivity contribution >= 4 is 23.2 Å². The number of halogens is 1. The zero-order valence-corrected chi connectivity index (χ0v) is 23.9. The van der Waals surface area contributed by atoms with Gasteiger partial charge in [0.1, 0.15) is 11.8 Å². The first-order chi connectivity index (χ1) is 19.9. The second kappa shape index (κ2) is 12.5. The summed E-state index contributed by atoms with van der Waals surface area (Å²) in [6.45, 7) is 4.00. The molecule has 0 spiro atoms. The van der Waals surface area contributed by atoms with E-state index in [0.29, 0.717) is 34.6 Å². The van der Waals surface area contributed by atoms with Crippen LogP contribution in [0.3, 0.4) is 0 Å². The molecule has 0 aliphatic carbocycles. The van der Waals surface area contributed by atoms with E-state index >= 15 is 0 Å². The fourth-order valence-corrected chi connectivity index (χ4v) is 5.07. The molecule has 0 saturated heterocycles. The van der Waals surface area contributed by atoms with Crippen LogP contribution in [0.5, 0.6) is 5.75 Å². The zero-order valence-electron chi connectivity index (χ0n) is 23.2. The first kappa shape index (κ1) is 28.3. The number of carbonyl (C=O) groups excluding carboxylic acids is 1. The third-order valence-electron chi connectivity index (χ3n) is 7.15. The number of unbranched alkanes of at least 4 members (excludes halogenated alkanes) is 2. The normalized spacial score (nSPS) is 12.0. The maximum absolute atomic E-state index is 14.0. The van der Waals surface area contributed by atoms with Gasteiger partial charge in [-0.05, 0) is 48.2 Å². The van der Waals surface area contributed by atoms with Gasteiger partial charge in [-0.2, -0.15) is 0 Å². The first-order valence-corrected chi connectivity index (χ1v) is 14.2. The Hall–Kier alpha value is -4.20. The van der Waals surface area contributed by atoms with Gasteiger partial charge in [-0.15, -0.1) is 0 Å². The van der Waals surface area contributed by atoms with Gasteiger partial charge in [0, 0.05) is 34.5 Å². The number of carbonyl (C=O) groups is 1. The standard InChI is InChI=1S/C33H33ClN4O3/c1-3-4-6-11-27(35)33(40)41-29-18-21(2)12-17-25(29)26-20-36-31-30(23-13-15-24(34)16-14-23)28(37-38(31)32(26)39)19-22-9-7-5-8-10-22/h5,7-10,12-18,20,27,37H,3-4,6,11,19,35H2,1-2H3/t27-/m1/s1. The number of nitrogens with zero attached hydrogens (tertiary/aromatic N) is 2. The van der Waals surface area contributed by atoms with Gasteiger partial charge < -0.3 is 10.5 Å². The minimum atomic E-state index is -0.734. The van der Waals surface area contributed by atoms with Crippen LogP contribution in [-0.2, 0) is 11.2 Å². The van der Waals surface area contributed by atoms with Crippen LogP contribution < -0.4 is 16.0 Å². The topological polar surface area (TPSA) is 102 Å². The molecule has 0 bridgehead atoms. The third-order valence-corrected chi connectivity index (χ3v) is 7.40. The molecule has 5 aromatic rings.